The summed E-state index contributed by atoms with van der Waals surface area (Å²) < 4.78 is 4.41. The van der Waals surface area contributed by atoms with Gasteiger partial charge in [0.1, 0.15) is 0 Å². The van der Waals surface area contributed by atoms with Crippen LogP contribution in [0.5, 0.6) is 0 Å². The van der Waals surface area contributed by atoms with E-state index in [-0.39, 0.29) is 24.9 Å². The predicted octanol–water partition coefficient (Wildman–Crippen LogP) is -0.397. The molecular formula is C9H15NO4. The monoisotopic (exact) mass is 201 g/mol. The number of hydrogen-bond acceptors (Lipinski definition) is 4. The summed E-state index contributed by atoms with van der Waals surface area (Å²) in [4.78, 5) is 21.3. The van der Waals surface area contributed by atoms with Crippen molar-refractivity contribution in [3.63, 3.8) is 0 Å². The number of ether oxygens (including phenoxy) is 1. The van der Waals surface area contributed by atoms with E-state index in [1.165, 1.54) is 14.0 Å². The maximum absolute atomic E-state index is 10.7. The van der Waals surface area contributed by atoms with Crippen LogP contribution in [0.25, 0.3) is 0 Å². The summed E-state index contributed by atoms with van der Waals surface area (Å²) in [5, 5.41) is 11.3. The van der Waals surface area contributed by atoms with Gasteiger partial charge in [-0.3, -0.25) is 9.59 Å². The highest BCUT2D eigenvalue weighted by atomic mass is 16.5. The Morgan fingerprint density at radius 1 is 1.57 bits per heavy atom. The minimum Gasteiger partial charge on any atom is -0.469 e. The van der Waals surface area contributed by atoms with Crippen LogP contribution in [0.1, 0.15) is 13.3 Å². The Bertz CT molecular complexity index is 225. The SMILES string of the molecule is COC(=O)CC=CC(CO)NC(C)=O. The molecule has 0 radical (unpaired) electrons. The first-order valence-corrected chi connectivity index (χ1v) is 4.21. The number of amides is 1. The molecule has 0 saturated carbocycles. The van der Waals surface area contributed by atoms with Crippen molar-refractivity contribution in [2.24, 2.45) is 0 Å². The molecule has 0 heterocycles. The molecule has 0 aromatic carbocycles. The quantitative estimate of drug-likeness (QED) is 0.469. The number of rotatable bonds is 5. The topological polar surface area (TPSA) is 75.6 Å². The van der Waals surface area contributed by atoms with E-state index in [4.69, 9.17) is 5.11 Å². The second-order valence-electron chi connectivity index (χ2n) is 2.70. The van der Waals surface area contributed by atoms with E-state index >= 15 is 0 Å². The molecule has 5 heteroatoms. The lowest BCUT2D eigenvalue weighted by Crippen LogP contribution is -2.34. The summed E-state index contributed by atoms with van der Waals surface area (Å²) in [6, 6.07) is -0.447. The van der Waals surface area contributed by atoms with Crippen LogP contribution in [0.2, 0.25) is 0 Å². The molecule has 1 atom stereocenters. The third-order valence-electron chi connectivity index (χ3n) is 1.47. The lowest BCUT2D eigenvalue weighted by Gasteiger charge is -2.09. The van der Waals surface area contributed by atoms with E-state index in [9.17, 15) is 9.59 Å². The van der Waals surface area contributed by atoms with Crippen LogP contribution in [0.15, 0.2) is 12.2 Å². The molecule has 14 heavy (non-hydrogen) atoms. The predicted molar refractivity (Wildman–Crippen MR) is 50.5 cm³/mol. The highest BCUT2D eigenvalue weighted by Gasteiger charge is 2.03. The lowest BCUT2D eigenvalue weighted by molar-refractivity contribution is -0.139. The van der Waals surface area contributed by atoms with Crippen LogP contribution in [0, 0.1) is 0 Å². The molecule has 0 aromatic rings. The van der Waals surface area contributed by atoms with Crippen LogP contribution in [0.4, 0.5) is 0 Å². The molecule has 0 spiro atoms. The first-order valence-electron chi connectivity index (χ1n) is 4.21. The second kappa shape index (κ2) is 7.08. The molecule has 0 rings (SSSR count). The number of esters is 1. The standard InChI is InChI=1S/C9H15NO4/c1-7(12)10-8(6-11)4-3-5-9(13)14-2/h3-4,8,11H,5-6H2,1-2H3,(H,10,12). The van der Waals surface area contributed by atoms with E-state index < -0.39 is 6.04 Å². The van der Waals surface area contributed by atoms with Crippen LogP contribution in [0.3, 0.4) is 0 Å². The minimum atomic E-state index is -0.447. The van der Waals surface area contributed by atoms with Crippen molar-refractivity contribution in [3.8, 4) is 0 Å². The van der Waals surface area contributed by atoms with Gasteiger partial charge >= 0.3 is 5.97 Å². The molecule has 0 fully saturated rings. The molecule has 80 valence electrons. The van der Waals surface area contributed by atoms with Gasteiger partial charge in [-0.1, -0.05) is 12.2 Å². The zero-order valence-corrected chi connectivity index (χ0v) is 8.32. The third kappa shape index (κ3) is 6.19. The molecular weight excluding hydrogens is 186 g/mol. The van der Waals surface area contributed by atoms with Gasteiger partial charge in [-0.15, -0.1) is 0 Å². The third-order valence-corrected chi connectivity index (χ3v) is 1.47. The number of nitrogens with one attached hydrogen (secondary N) is 1. The fourth-order valence-corrected chi connectivity index (χ4v) is 0.828. The van der Waals surface area contributed by atoms with E-state index in [2.05, 4.69) is 10.1 Å². The van der Waals surface area contributed by atoms with Crippen molar-refractivity contribution < 1.29 is 19.4 Å². The summed E-state index contributed by atoms with van der Waals surface area (Å²) in [5.74, 6) is -0.590. The molecule has 0 bridgehead atoms. The zero-order chi connectivity index (χ0) is 11.0. The highest BCUT2D eigenvalue weighted by molar-refractivity contribution is 5.73. The second-order valence-corrected chi connectivity index (χ2v) is 2.70. The average Bonchev–Trinajstić information content (AvgIpc) is 2.15. The van der Waals surface area contributed by atoms with Crippen LogP contribution >= 0.6 is 0 Å². The normalized spacial score (nSPS) is 12.5. The Morgan fingerprint density at radius 3 is 2.64 bits per heavy atom. The maximum atomic E-state index is 10.7. The first-order chi connectivity index (χ1) is 6.60. The smallest absolute Gasteiger partial charge is 0.309 e. The minimum absolute atomic E-state index is 0.132. The van der Waals surface area contributed by atoms with Crippen molar-refractivity contribution >= 4 is 11.9 Å². The number of carbonyl (C=O) groups is 2. The van der Waals surface area contributed by atoms with E-state index in [0.717, 1.165) is 0 Å². The first kappa shape index (κ1) is 12.6. The van der Waals surface area contributed by atoms with Gasteiger partial charge < -0.3 is 15.2 Å². The van der Waals surface area contributed by atoms with Gasteiger partial charge in [-0.05, 0) is 0 Å². The fourth-order valence-electron chi connectivity index (χ4n) is 0.828. The highest BCUT2D eigenvalue weighted by Crippen LogP contribution is 1.91. The van der Waals surface area contributed by atoms with Crippen LogP contribution in [-0.4, -0.2) is 36.7 Å². The number of aliphatic hydroxyl groups excluding tert-OH is 1. The van der Waals surface area contributed by atoms with E-state index in [1.807, 2.05) is 0 Å². The van der Waals surface area contributed by atoms with Gasteiger partial charge in [0.15, 0.2) is 0 Å². The molecule has 0 saturated heterocycles. The van der Waals surface area contributed by atoms with E-state index in [1.54, 1.807) is 12.2 Å². The zero-order valence-electron chi connectivity index (χ0n) is 8.32. The van der Waals surface area contributed by atoms with Gasteiger partial charge in [-0.2, -0.15) is 0 Å². The summed E-state index contributed by atoms with van der Waals surface area (Å²) in [7, 11) is 1.30. The number of hydrogen-bond donors (Lipinski definition) is 2. The molecule has 5 nitrogen and oxygen atoms in total. The Labute approximate surface area is 82.7 Å². The van der Waals surface area contributed by atoms with Gasteiger partial charge in [0, 0.05) is 6.92 Å². The summed E-state index contributed by atoms with van der Waals surface area (Å²) in [6.07, 6.45) is 3.23. The van der Waals surface area contributed by atoms with Gasteiger partial charge in [-0.25, -0.2) is 0 Å². The molecule has 1 unspecified atom stereocenters. The van der Waals surface area contributed by atoms with Gasteiger partial charge in [0.2, 0.25) is 5.91 Å². The summed E-state index contributed by atoms with van der Waals surface area (Å²) >= 11 is 0. The molecule has 0 aliphatic rings. The summed E-state index contributed by atoms with van der Waals surface area (Å²) in [5.41, 5.74) is 0. The number of carbonyl (C=O) groups excluding carboxylic acids is 2. The van der Waals surface area contributed by atoms with Gasteiger partial charge in [0.25, 0.3) is 0 Å². The Kier molecular flexibility index (Phi) is 6.39. The molecule has 0 aliphatic carbocycles. The average molecular weight is 201 g/mol. The maximum Gasteiger partial charge on any atom is 0.309 e. The van der Waals surface area contributed by atoms with Crippen molar-refractivity contribution in [3.05, 3.63) is 12.2 Å². The number of aliphatic hydroxyl groups is 1. The van der Waals surface area contributed by atoms with Crippen molar-refractivity contribution in [2.75, 3.05) is 13.7 Å². The fraction of sp³-hybridized carbons (Fsp3) is 0.556. The van der Waals surface area contributed by atoms with E-state index in [0.29, 0.717) is 0 Å². The largest absolute Gasteiger partial charge is 0.469 e. The van der Waals surface area contributed by atoms with Crippen LogP contribution in [-0.2, 0) is 14.3 Å². The van der Waals surface area contributed by atoms with Crippen molar-refractivity contribution in [1.82, 2.24) is 5.32 Å². The lowest BCUT2D eigenvalue weighted by atomic mass is 10.2. The Morgan fingerprint density at radius 2 is 2.21 bits per heavy atom. The van der Waals surface area contributed by atoms with Crippen molar-refractivity contribution in [1.29, 1.82) is 0 Å². The Hall–Kier alpha value is -1.36. The van der Waals surface area contributed by atoms with Crippen molar-refractivity contribution in [2.45, 2.75) is 19.4 Å². The molecule has 1 amide bonds. The Balaban J connectivity index is 3.91. The van der Waals surface area contributed by atoms with Gasteiger partial charge in [0.05, 0.1) is 26.2 Å². The molecule has 2 N–H and O–H groups in total. The summed E-state index contributed by atoms with van der Waals surface area (Å²) in [6.45, 7) is 1.16. The molecule has 0 aromatic heterocycles. The number of methoxy groups -OCH3 is 1. The molecule has 0 aliphatic heterocycles. The van der Waals surface area contributed by atoms with Crippen LogP contribution < -0.4 is 5.32 Å².